The maximum atomic E-state index is 12.0. The lowest BCUT2D eigenvalue weighted by molar-refractivity contribution is -0.136. The first-order chi connectivity index (χ1) is 9.67. The number of carbonyl (C=O) groups excluding carboxylic acids is 2. The Morgan fingerprint density at radius 3 is 2.20 bits per heavy atom. The molecule has 0 atom stereocenters. The fourth-order valence-electron chi connectivity index (χ4n) is 2.01. The van der Waals surface area contributed by atoms with Crippen LogP contribution in [0, 0.1) is 0 Å². The van der Waals surface area contributed by atoms with E-state index in [1.807, 2.05) is 44.2 Å². The minimum absolute atomic E-state index is 0.0627. The summed E-state index contributed by atoms with van der Waals surface area (Å²) in [4.78, 5) is 25.6. The molecule has 0 aliphatic carbocycles. The number of hydrogen-bond acceptors (Lipinski definition) is 2. The van der Waals surface area contributed by atoms with E-state index in [1.165, 1.54) is 0 Å². The van der Waals surface area contributed by atoms with Gasteiger partial charge < -0.3 is 10.2 Å². The van der Waals surface area contributed by atoms with Crippen molar-refractivity contribution in [3.63, 3.8) is 0 Å². The molecule has 110 valence electrons. The van der Waals surface area contributed by atoms with E-state index in [9.17, 15) is 9.59 Å². The van der Waals surface area contributed by atoms with E-state index in [0.29, 0.717) is 6.54 Å². The standard InChI is InChI=1S/C16H24N2O2/c1-3-10-18(11-4-2)16(20)12-15(19)17-13-14-8-6-5-7-9-14/h5-9H,3-4,10-13H2,1-2H3,(H,17,19). The molecule has 0 unspecified atom stereocenters. The van der Waals surface area contributed by atoms with Crippen LogP contribution in [0.15, 0.2) is 30.3 Å². The molecule has 0 aliphatic rings. The van der Waals surface area contributed by atoms with Gasteiger partial charge in [0.1, 0.15) is 6.42 Å². The van der Waals surface area contributed by atoms with Crippen LogP contribution in [0.3, 0.4) is 0 Å². The van der Waals surface area contributed by atoms with Gasteiger partial charge in [-0.3, -0.25) is 9.59 Å². The van der Waals surface area contributed by atoms with Crippen LogP contribution in [0.4, 0.5) is 0 Å². The van der Waals surface area contributed by atoms with E-state index in [1.54, 1.807) is 4.90 Å². The molecule has 0 fully saturated rings. The Morgan fingerprint density at radius 2 is 1.65 bits per heavy atom. The predicted molar refractivity (Wildman–Crippen MR) is 80.1 cm³/mol. The Labute approximate surface area is 121 Å². The summed E-state index contributed by atoms with van der Waals surface area (Å²) in [5.41, 5.74) is 1.03. The highest BCUT2D eigenvalue weighted by Crippen LogP contribution is 2.00. The first-order valence-corrected chi connectivity index (χ1v) is 7.25. The van der Waals surface area contributed by atoms with Gasteiger partial charge in [0.25, 0.3) is 0 Å². The fraction of sp³-hybridized carbons (Fsp3) is 0.500. The summed E-state index contributed by atoms with van der Waals surface area (Å²) in [5.74, 6) is -0.296. The van der Waals surface area contributed by atoms with Crippen molar-refractivity contribution < 1.29 is 9.59 Å². The average Bonchev–Trinajstić information content (AvgIpc) is 2.46. The Kier molecular flexibility index (Phi) is 7.40. The second kappa shape index (κ2) is 9.13. The van der Waals surface area contributed by atoms with Crippen LogP contribution < -0.4 is 5.32 Å². The third-order valence-corrected chi connectivity index (χ3v) is 2.98. The maximum absolute atomic E-state index is 12.0. The Bertz CT molecular complexity index is 412. The minimum atomic E-state index is -0.212. The number of hydrogen-bond donors (Lipinski definition) is 1. The molecule has 0 aromatic heterocycles. The van der Waals surface area contributed by atoms with Gasteiger partial charge in [0.05, 0.1) is 0 Å². The minimum Gasteiger partial charge on any atom is -0.352 e. The SMILES string of the molecule is CCCN(CCC)C(=O)CC(=O)NCc1ccccc1. The lowest BCUT2D eigenvalue weighted by Crippen LogP contribution is -2.36. The normalized spacial score (nSPS) is 10.1. The predicted octanol–water partition coefficient (Wildman–Crippen LogP) is 2.34. The van der Waals surface area contributed by atoms with Crippen LogP contribution >= 0.6 is 0 Å². The Hall–Kier alpha value is -1.84. The summed E-state index contributed by atoms with van der Waals surface area (Å²) in [6, 6.07) is 9.68. The van der Waals surface area contributed by atoms with Crippen LogP contribution in [0.5, 0.6) is 0 Å². The third-order valence-electron chi connectivity index (χ3n) is 2.98. The number of amides is 2. The Morgan fingerprint density at radius 1 is 1.05 bits per heavy atom. The van der Waals surface area contributed by atoms with Crippen molar-refractivity contribution in [1.29, 1.82) is 0 Å². The van der Waals surface area contributed by atoms with Crippen LogP contribution in [0.2, 0.25) is 0 Å². The zero-order valence-corrected chi connectivity index (χ0v) is 12.4. The zero-order chi connectivity index (χ0) is 14.8. The molecule has 0 heterocycles. The smallest absolute Gasteiger partial charge is 0.232 e. The fourth-order valence-corrected chi connectivity index (χ4v) is 2.01. The topological polar surface area (TPSA) is 49.4 Å². The van der Waals surface area contributed by atoms with Crippen LogP contribution in [0.25, 0.3) is 0 Å². The molecule has 1 rings (SSSR count). The maximum Gasteiger partial charge on any atom is 0.232 e. The molecular weight excluding hydrogens is 252 g/mol. The second-order valence-electron chi connectivity index (χ2n) is 4.82. The van der Waals surface area contributed by atoms with Gasteiger partial charge >= 0.3 is 0 Å². The summed E-state index contributed by atoms with van der Waals surface area (Å²) >= 11 is 0. The molecule has 1 aromatic carbocycles. The van der Waals surface area contributed by atoms with Crippen LogP contribution in [-0.4, -0.2) is 29.8 Å². The zero-order valence-electron chi connectivity index (χ0n) is 12.4. The molecule has 20 heavy (non-hydrogen) atoms. The molecule has 0 spiro atoms. The van der Waals surface area contributed by atoms with E-state index < -0.39 is 0 Å². The third kappa shape index (κ3) is 5.87. The largest absolute Gasteiger partial charge is 0.352 e. The van der Waals surface area contributed by atoms with Crippen LogP contribution in [-0.2, 0) is 16.1 Å². The number of rotatable bonds is 8. The molecule has 0 radical (unpaired) electrons. The molecule has 0 saturated carbocycles. The molecule has 0 saturated heterocycles. The van der Waals surface area contributed by atoms with Crippen molar-refractivity contribution in [3.8, 4) is 0 Å². The highest BCUT2D eigenvalue weighted by atomic mass is 16.2. The van der Waals surface area contributed by atoms with E-state index in [4.69, 9.17) is 0 Å². The van der Waals surface area contributed by atoms with Gasteiger partial charge in [-0.25, -0.2) is 0 Å². The lowest BCUT2D eigenvalue weighted by Gasteiger charge is -2.21. The second-order valence-corrected chi connectivity index (χ2v) is 4.82. The van der Waals surface area contributed by atoms with E-state index >= 15 is 0 Å². The molecule has 1 aromatic rings. The van der Waals surface area contributed by atoms with E-state index in [2.05, 4.69) is 5.32 Å². The summed E-state index contributed by atoms with van der Waals surface area (Å²) in [5, 5.41) is 2.78. The molecule has 4 nitrogen and oxygen atoms in total. The molecule has 1 N–H and O–H groups in total. The van der Waals surface area contributed by atoms with E-state index in [-0.39, 0.29) is 18.2 Å². The lowest BCUT2D eigenvalue weighted by atomic mass is 10.2. The Balaban J connectivity index is 2.38. The highest BCUT2D eigenvalue weighted by molar-refractivity contribution is 5.96. The van der Waals surface area contributed by atoms with Crippen molar-refractivity contribution in [3.05, 3.63) is 35.9 Å². The van der Waals surface area contributed by atoms with Crippen molar-refractivity contribution in [2.45, 2.75) is 39.7 Å². The number of nitrogens with one attached hydrogen (secondary N) is 1. The van der Waals surface area contributed by atoms with Crippen molar-refractivity contribution >= 4 is 11.8 Å². The van der Waals surface area contributed by atoms with Gasteiger partial charge in [-0.05, 0) is 18.4 Å². The number of benzene rings is 1. The van der Waals surface area contributed by atoms with Gasteiger partial charge in [-0.15, -0.1) is 0 Å². The van der Waals surface area contributed by atoms with Gasteiger partial charge in [0, 0.05) is 19.6 Å². The van der Waals surface area contributed by atoms with Gasteiger partial charge in [0.2, 0.25) is 11.8 Å². The quantitative estimate of drug-likeness (QED) is 0.741. The molecule has 2 amide bonds. The molecular formula is C16H24N2O2. The van der Waals surface area contributed by atoms with Gasteiger partial charge in [-0.1, -0.05) is 44.2 Å². The monoisotopic (exact) mass is 276 g/mol. The molecule has 4 heteroatoms. The molecule has 0 bridgehead atoms. The first-order valence-electron chi connectivity index (χ1n) is 7.25. The van der Waals surface area contributed by atoms with E-state index in [0.717, 1.165) is 31.5 Å². The van der Waals surface area contributed by atoms with Crippen molar-refractivity contribution in [2.75, 3.05) is 13.1 Å². The highest BCUT2D eigenvalue weighted by Gasteiger charge is 2.15. The van der Waals surface area contributed by atoms with Gasteiger partial charge in [0.15, 0.2) is 0 Å². The average molecular weight is 276 g/mol. The summed E-state index contributed by atoms with van der Waals surface area (Å²) in [6.45, 7) is 5.97. The summed E-state index contributed by atoms with van der Waals surface area (Å²) in [6.07, 6.45) is 1.77. The van der Waals surface area contributed by atoms with Gasteiger partial charge in [-0.2, -0.15) is 0 Å². The summed E-state index contributed by atoms with van der Waals surface area (Å²) in [7, 11) is 0. The van der Waals surface area contributed by atoms with Crippen molar-refractivity contribution in [1.82, 2.24) is 10.2 Å². The summed E-state index contributed by atoms with van der Waals surface area (Å²) < 4.78 is 0. The first kappa shape index (κ1) is 16.2. The number of carbonyl (C=O) groups is 2. The van der Waals surface area contributed by atoms with Crippen molar-refractivity contribution in [2.24, 2.45) is 0 Å². The number of nitrogens with zero attached hydrogens (tertiary/aromatic N) is 1. The van der Waals surface area contributed by atoms with Crippen LogP contribution in [0.1, 0.15) is 38.7 Å². The molecule has 0 aliphatic heterocycles.